The van der Waals surface area contributed by atoms with Crippen LogP contribution >= 0.6 is 0 Å². The maximum absolute atomic E-state index is 13.3. The number of anilines is 2. The fourth-order valence-electron chi connectivity index (χ4n) is 5.18. The first kappa shape index (κ1) is 27.9. The van der Waals surface area contributed by atoms with Crippen LogP contribution in [0.1, 0.15) is 32.6 Å². The predicted molar refractivity (Wildman–Crippen MR) is 155 cm³/mol. The number of nitrogens with zero attached hydrogens (tertiary/aromatic N) is 3. The van der Waals surface area contributed by atoms with Crippen molar-refractivity contribution in [2.45, 2.75) is 19.6 Å². The van der Waals surface area contributed by atoms with E-state index < -0.39 is 11.7 Å². The summed E-state index contributed by atoms with van der Waals surface area (Å²) in [6.07, 6.45) is -4.42. The maximum Gasteiger partial charge on any atom is 0.416 e. The summed E-state index contributed by atoms with van der Waals surface area (Å²) in [6.45, 7) is 6.17. The molecule has 0 aromatic heterocycles. The Labute approximate surface area is 237 Å². The summed E-state index contributed by atoms with van der Waals surface area (Å²) in [4.78, 5) is 18.0. The van der Waals surface area contributed by atoms with Crippen molar-refractivity contribution in [1.82, 2.24) is 4.90 Å². The smallest absolute Gasteiger partial charge is 0.369 e. The highest BCUT2D eigenvalue weighted by Gasteiger charge is 2.30. The molecular weight excluding hydrogens is 525 g/mol. The predicted octanol–water partition coefficient (Wildman–Crippen LogP) is 7.13. The van der Waals surface area contributed by atoms with Crippen LogP contribution in [-0.4, -0.2) is 37.0 Å². The summed E-state index contributed by atoms with van der Waals surface area (Å²) in [5.74, 6) is -0.328. The average Bonchev–Trinajstić information content (AvgIpc) is 2.97. The number of nitrogens with one attached hydrogen (secondary N) is 1. The van der Waals surface area contributed by atoms with Crippen molar-refractivity contribution in [3.8, 4) is 17.2 Å². The summed E-state index contributed by atoms with van der Waals surface area (Å²) < 4.78 is 39.1. The number of hydrogen-bond acceptors (Lipinski definition) is 4. The van der Waals surface area contributed by atoms with Gasteiger partial charge in [-0.15, -0.1) is 0 Å². The molecule has 1 amide bonds. The highest BCUT2D eigenvalue weighted by atomic mass is 19.4. The number of halogens is 3. The van der Waals surface area contributed by atoms with Gasteiger partial charge in [0.05, 0.1) is 17.2 Å². The number of hydrogen-bond donors (Lipinski definition) is 1. The van der Waals surface area contributed by atoms with Crippen molar-refractivity contribution in [1.29, 1.82) is 5.26 Å². The molecule has 8 heteroatoms. The summed E-state index contributed by atoms with van der Waals surface area (Å²) in [5, 5.41) is 12.1. The first-order valence-electron chi connectivity index (χ1n) is 13.4. The zero-order valence-corrected chi connectivity index (χ0v) is 22.6. The molecule has 5 rings (SSSR count). The van der Waals surface area contributed by atoms with E-state index in [1.54, 1.807) is 12.1 Å². The van der Waals surface area contributed by atoms with Crippen molar-refractivity contribution in [2.24, 2.45) is 0 Å². The number of piperazine rings is 1. The van der Waals surface area contributed by atoms with Crippen LogP contribution in [-0.2, 0) is 12.7 Å². The molecule has 1 saturated heterocycles. The van der Waals surface area contributed by atoms with E-state index in [2.05, 4.69) is 21.2 Å². The standard InChI is InChI=1S/C33H29F3N4O/c1-23-4-2-7-30(31(23)26-8-10-27(11-9-26)33(34,35)36)32(41)38-28-12-14-29(15-13-28)40-18-16-39(17-19-40)22-25-6-3-5-24(20-25)21-37/h2-15,20H,16-19,22H2,1H3,(H,38,41). The molecule has 0 atom stereocenters. The van der Waals surface area contributed by atoms with E-state index in [1.807, 2.05) is 61.5 Å². The van der Waals surface area contributed by atoms with Gasteiger partial charge >= 0.3 is 6.18 Å². The minimum atomic E-state index is -4.42. The number of carbonyl (C=O) groups excluding carboxylic acids is 1. The number of nitriles is 1. The Bertz CT molecular complexity index is 1570. The van der Waals surface area contributed by atoms with Crippen molar-refractivity contribution in [2.75, 3.05) is 36.4 Å². The zero-order valence-electron chi connectivity index (χ0n) is 22.6. The third-order valence-corrected chi connectivity index (χ3v) is 7.34. The molecule has 4 aromatic rings. The van der Waals surface area contributed by atoms with Crippen LogP contribution in [0.3, 0.4) is 0 Å². The van der Waals surface area contributed by atoms with Gasteiger partial charge in [-0.1, -0.05) is 36.4 Å². The van der Waals surface area contributed by atoms with Crippen LogP contribution < -0.4 is 10.2 Å². The molecular formula is C33H29F3N4O. The lowest BCUT2D eigenvalue weighted by Crippen LogP contribution is -2.45. The number of carbonyl (C=O) groups is 1. The second kappa shape index (κ2) is 11.9. The molecule has 1 heterocycles. The molecule has 1 aliphatic heterocycles. The normalized spacial score (nSPS) is 14.0. The molecule has 41 heavy (non-hydrogen) atoms. The van der Waals surface area contributed by atoms with Crippen LogP contribution in [0.4, 0.5) is 24.5 Å². The van der Waals surface area contributed by atoms with Gasteiger partial charge in [0.15, 0.2) is 0 Å². The third kappa shape index (κ3) is 6.59. The molecule has 4 aromatic carbocycles. The van der Waals surface area contributed by atoms with E-state index in [9.17, 15) is 18.0 Å². The van der Waals surface area contributed by atoms with Crippen molar-refractivity contribution < 1.29 is 18.0 Å². The molecule has 0 saturated carbocycles. The zero-order chi connectivity index (χ0) is 29.0. The van der Waals surface area contributed by atoms with Gasteiger partial charge < -0.3 is 10.2 Å². The Morgan fingerprint density at radius 1 is 0.902 bits per heavy atom. The average molecular weight is 555 g/mol. The van der Waals surface area contributed by atoms with E-state index in [4.69, 9.17) is 5.26 Å². The molecule has 1 fully saturated rings. The molecule has 0 spiro atoms. The first-order valence-corrected chi connectivity index (χ1v) is 13.4. The van der Waals surface area contributed by atoms with E-state index in [0.29, 0.717) is 27.9 Å². The molecule has 0 radical (unpaired) electrons. The third-order valence-electron chi connectivity index (χ3n) is 7.34. The monoisotopic (exact) mass is 554 g/mol. The van der Waals surface area contributed by atoms with E-state index in [1.165, 1.54) is 12.1 Å². The summed E-state index contributed by atoms with van der Waals surface area (Å²) in [7, 11) is 0. The van der Waals surface area contributed by atoms with Crippen molar-refractivity contribution >= 4 is 17.3 Å². The molecule has 0 bridgehead atoms. The van der Waals surface area contributed by atoms with Crippen LogP contribution in [0.25, 0.3) is 11.1 Å². The number of aryl methyl sites for hydroxylation is 1. The highest BCUT2D eigenvalue weighted by molar-refractivity contribution is 6.09. The Morgan fingerprint density at radius 3 is 2.24 bits per heavy atom. The second-order valence-corrected chi connectivity index (χ2v) is 10.1. The number of benzene rings is 4. The van der Waals surface area contributed by atoms with Gasteiger partial charge in [0.1, 0.15) is 0 Å². The Morgan fingerprint density at radius 2 is 1.59 bits per heavy atom. The van der Waals surface area contributed by atoms with Crippen molar-refractivity contribution in [3.63, 3.8) is 0 Å². The topological polar surface area (TPSA) is 59.4 Å². The number of alkyl halides is 3. The molecule has 1 N–H and O–H groups in total. The Balaban J connectivity index is 1.22. The molecule has 5 nitrogen and oxygen atoms in total. The SMILES string of the molecule is Cc1cccc(C(=O)Nc2ccc(N3CCN(Cc4cccc(C#N)c4)CC3)cc2)c1-c1ccc(C(F)(F)F)cc1. The van der Waals surface area contributed by atoms with Gasteiger partial charge in [-0.2, -0.15) is 18.4 Å². The van der Waals surface area contributed by atoms with Crippen molar-refractivity contribution in [3.05, 3.63) is 119 Å². The van der Waals surface area contributed by atoms with Crippen LogP contribution in [0.5, 0.6) is 0 Å². The van der Waals surface area contributed by atoms with E-state index >= 15 is 0 Å². The number of amides is 1. The summed E-state index contributed by atoms with van der Waals surface area (Å²) in [5.41, 5.74) is 5.12. The highest BCUT2D eigenvalue weighted by Crippen LogP contribution is 2.33. The molecule has 208 valence electrons. The molecule has 0 aliphatic carbocycles. The van der Waals surface area contributed by atoms with Gasteiger partial charge in [0, 0.05) is 49.7 Å². The van der Waals surface area contributed by atoms with Gasteiger partial charge in [0.2, 0.25) is 0 Å². The minimum absolute atomic E-state index is 0.328. The summed E-state index contributed by atoms with van der Waals surface area (Å²) >= 11 is 0. The second-order valence-electron chi connectivity index (χ2n) is 10.1. The van der Waals surface area contributed by atoms with E-state index in [-0.39, 0.29) is 5.91 Å². The van der Waals surface area contributed by atoms with Gasteiger partial charge in [-0.25, -0.2) is 0 Å². The Hall–Kier alpha value is -4.61. The Kier molecular flexibility index (Phi) is 8.09. The number of rotatable bonds is 6. The fourth-order valence-corrected chi connectivity index (χ4v) is 5.18. The largest absolute Gasteiger partial charge is 0.416 e. The lowest BCUT2D eigenvalue weighted by molar-refractivity contribution is -0.137. The maximum atomic E-state index is 13.3. The minimum Gasteiger partial charge on any atom is -0.369 e. The summed E-state index contributed by atoms with van der Waals surface area (Å²) in [6, 6.07) is 27.7. The van der Waals surface area contributed by atoms with Gasteiger partial charge in [-0.05, 0) is 83.8 Å². The van der Waals surface area contributed by atoms with Gasteiger partial charge in [-0.3, -0.25) is 9.69 Å². The molecule has 0 unspecified atom stereocenters. The lowest BCUT2D eigenvalue weighted by Gasteiger charge is -2.36. The van der Waals surface area contributed by atoms with Crippen LogP contribution in [0.15, 0.2) is 91.0 Å². The van der Waals surface area contributed by atoms with E-state index in [0.717, 1.165) is 61.7 Å². The fraction of sp³-hybridized carbons (Fsp3) is 0.212. The quantitative estimate of drug-likeness (QED) is 0.276. The molecule has 1 aliphatic rings. The lowest BCUT2D eigenvalue weighted by atomic mass is 9.94. The van der Waals surface area contributed by atoms with Crippen LogP contribution in [0.2, 0.25) is 0 Å². The first-order chi connectivity index (χ1) is 19.7. The van der Waals surface area contributed by atoms with Crippen LogP contribution in [0, 0.1) is 18.3 Å². The van der Waals surface area contributed by atoms with Gasteiger partial charge in [0.25, 0.3) is 5.91 Å².